The molecule has 1 heterocycles. The van der Waals surface area contributed by atoms with E-state index in [-0.39, 0.29) is 11.0 Å². The number of rotatable bonds is 3. The zero-order valence-electron chi connectivity index (χ0n) is 16.8. The smallest absolute Gasteiger partial charge is 0.261 e. The Morgan fingerprint density at radius 1 is 0.897 bits per heavy atom. The Hall–Kier alpha value is -3.27. The molecule has 0 radical (unpaired) electrons. The lowest BCUT2D eigenvalue weighted by atomic mass is 9.87. The van der Waals surface area contributed by atoms with Crippen molar-refractivity contribution in [2.75, 3.05) is 0 Å². The van der Waals surface area contributed by atoms with Gasteiger partial charge in [-0.3, -0.25) is 9.36 Å². The van der Waals surface area contributed by atoms with E-state index >= 15 is 0 Å². The summed E-state index contributed by atoms with van der Waals surface area (Å²) in [6.45, 7) is 6.81. The van der Waals surface area contributed by atoms with Crippen molar-refractivity contribution < 1.29 is 4.39 Å². The van der Waals surface area contributed by atoms with E-state index in [2.05, 4.69) is 37.9 Å². The fraction of sp³-hybridized carbons (Fsp3) is 0.200. The molecule has 29 heavy (non-hydrogen) atoms. The van der Waals surface area contributed by atoms with Gasteiger partial charge in [0, 0.05) is 0 Å². The molecular formula is C25H23FN2O. The highest BCUT2D eigenvalue weighted by atomic mass is 19.1. The van der Waals surface area contributed by atoms with Crippen molar-refractivity contribution in [1.29, 1.82) is 0 Å². The number of para-hydroxylation sites is 1. The van der Waals surface area contributed by atoms with Crippen LogP contribution in [0, 0.1) is 5.82 Å². The van der Waals surface area contributed by atoms with E-state index in [9.17, 15) is 9.18 Å². The molecular weight excluding hydrogens is 363 g/mol. The first-order chi connectivity index (χ1) is 13.8. The zero-order valence-corrected chi connectivity index (χ0v) is 16.8. The van der Waals surface area contributed by atoms with Gasteiger partial charge in [-0.2, -0.15) is 0 Å². The van der Waals surface area contributed by atoms with E-state index in [0.717, 1.165) is 5.56 Å². The molecule has 3 aromatic carbocycles. The Morgan fingerprint density at radius 2 is 1.55 bits per heavy atom. The summed E-state index contributed by atoms with van der Waals surface area (Å²) in [5.41, 5.74) is 2.96. The fourth-order valence-corrected chi connectivity index (χ4v) is 3.46. The number of fused-ring (bicyclic) bond motifs is 1. The molecule has 0 amide bonds. The van der Waals surface area contributed by atoms with Crippen molar-refractivity contribution in [3.8, 4) is 11.4 Å². The van der Waals surface area contributed by atoms with Crippen molar-refractivity contribution in [3.05, 3.63) is 100 Å². The van der Waals surface area contributed by atoms with Gasteiger partial charge in [0.05, 0.1) is 23.0 Å². The lowest BCUT2D eigenvalue weighted by molar-refractivity contribution is 0.589. The van der Waals surface area contributed by atoms with Crippen LogP contribution in [0.15, 0.2) is 77.6 Å². The minimum absolute atomic E-state index is 0.0538. The van der Waals surface area contributed by atoms with Crippen LogP contribution in [0.3, 0.4) is 0 Å². The average Bonchev–Trinajstić information content (AvgIpc) is 2.70. The highest BCUT2D eigenvalue weighted by Gasteiger charge is 2.17. The van der Waals surface area contributed by atoms with Gasteiger partial charge in [0.2, 0.25) is 0 Å². The summed E-state index contributed by atoms with van der Waals surface area (Å²) >= 11 is 0. The molecule has 4 aromatic rings. The van der Waals surface area contributed by atoms with Gasteiger partial charge in [-0.15, -0.1) is 0 Å². The summed E-state index contributed by atoms with van der Waals surface area (Å²) in [4.78, 5) is 17.9. The molecule has 3 nitrogen and oxygen atoms in total. The van der Waals surface area contributed by atoms with E-state index in [0.29, 0.717) is 28.8 Å². The molecule has 0 N–H and O–H groups in total. The standard InChI is InChI=1S/C25H23FN2O/c1-25(2,3)18-14-12-17(13-15-18)16-28-23(19-8-4-6-10-21(19)26)27-22-11-7-5-9-20(22)24(28)29/h4-15H,16H2,1-3H3. The third-order valence-corrected chi connectivity index (χ3v) is 5.14. The predicted octanol–water partition coefficient (Wildman–Crippen LogP) is 5.55. The number of hydrogen-bond donors (Lipinski definition) is 0. The van der Waals surface area contributed by atoms with Crippen LogP contribution < -0.4 is 5.56 Å². The normalized spacial score (nSPS) is 11.7. The van der Waals surface area contributed by atoms with Crippen LogP contribution in [0.1, 0.15) is 31.9 Å². The van der Waals surface area contributed by atoms with Crippen molar-refractivity contribution in [2.24, 2.45) is 0 Å². The van der Waals surface area contributed by atoms with Gasteiger partial charge in [-0.1, -0.05) is 69.3 Å². The number of hydrogen-bond acceptors (Lipinski definition) is 2. The molecule has 0 saturated heterocycles. The van der Waals surface area contributed by atoms with Gasteiger partial charge in [-0.05, 0) is 40.8 Å². The van der Waals surface area contributed by atoms with E-state index in [1.807, 2.05) is 24.3 Å². The van der Waals surface area contributed by atoms with Gasteiger partial charge in [0.1, 0.15) is 11.6 Å². The third-order valence-electron chi connectivity index (χ3n) is 5.14. The van der Waals surface area contributed by atoms with E-state index in [4.69, 9.17) is 0 Å². The molecule has 0 aliphatic rings. The van der Waals surface area contributed by atoms with Crippen LogP contribution in [-0.4, -0.2) is 9.55 Å². The molecule has 0 aliphatic carbocycles. The Bertz CT molecular complexity index is 1230. The second-order valence-corrected chi connectivity index (χ2v) is 8.27. The van der Waals surface area contributed by atoms with Gasteiger partial charge in [0.25, 0.3) is 5.56 Å². The first-order valence-electron chi connectivity index (χ1n) is 9.68. The second kappa shape index (κ2) is 7.28. The van der Waals surface area contributed by atoms with Crippen LogP contribution in [0.25, 0.3) is 22.3 Å². The van der Waals surface area contributed by atoms with Gasteiger partial charge in [-0.25, -0.2) is 9.37 Å². The highest BCUT2D eigenvalue weighted by molar-refractivity contribution is 5.79. The minimum Gasteiger partial charge on any atom is -0.288 e. The van der Waals surface area contributed by atoms with Gasteiger partial charge >= 0.3 is 0 Å². The second-order valence-electron chi connectivity index (χ2n) is 8.27. The molecule has 1 aromatic heterocycles. The maximum atomic E-state index is 14.6. The Balaban J connectivity index is 1.88. The van der Waals surface area contributed by atoms with Crippen LogP contribution in [0.5, 0.6) is 0 Å². The van der Waals surface area contributed by atoms with Crippen LogP contribution in [0.4, 0.5) is 4.39 Å². The summed E-state index contributed by atoms with van der Waals surface area (Å²) in [5.74, 6) is -0.0572. The van der Waals surface area contributed by atoms with Crippen LogP contribution in [0.2, 0.25) is 0 Å². The first kappa shape index (κ1) is 19.1. The van der Waals surface area contributed by atoms with E-state index < -0.39 is 5.82 Å². The maximum Gasteiger partial charge on any atom is 0.261 e. The monoisotopic (exact) mass is 386 g/mol. The molecule has 0 atom stereocenters. The number of aromatic nitrogens is 2. The Kier molecular flexibility index (Phi) is 4.79. The molecule has 4 rings (SSSR count). The predicted molar refractivity (Wildman–Crippen MR) is 116 cm³/mol. The summed E-state index contributed by atoms with van der Waals surface area (Å²) in [6.07, 6.45) is 0. The number of benzene rings is 3. The van der Waals surface area contributed by atoms with Crippen molar-refractivity contribution in [3.63, 3.8) is 0 Å². The topological polar surface area (TPSA) is 34.9 Å². The molecule has 0 spiro atoms. The summed E-state index contributed by atoms with van der Waals surface area (Å²) in [7, 11) is 0. The molecule has 0 aliphatic heterocycles. The average molecular weight is 386 g/mol. The summed E-state index contributed by atoms with van der Waals surface area (Å²) < 4.78 is 16.1. The largest absolute Gasteiger partial charge is 0.288 e. The first-order valence-corrected chi connectivity index (χ1v) is 9.68. The fourth-order valence-electron chi connectivity index (χ4n) is 3.46. The Labute approximate surface area is 169 Å². The lowest BCUT2D eigenvalue weighted by Crippen LogP contribution is -2.24. The number of nitrogens with zero attached hydrogens (tertiary/aromatic N) is 2. The van der Waals surface area contributed by atoms with E-state index in [1.54, 1.807) is 34.9 Å². The van der Waals surface area contributed by atoms with Gasteiger partial charge < -0.3 is 0 Å². The van der Waals surface area contributed by atoms with Gasteiger partial charge in [0.15, 0.2) is 0 Å². The van der Waals surface area contributed by atoms with Crippen molar-refractivity contribution in [2.45, 2.75) is 32.7 Å². The maximum absolute atomic E-state index is 14.6. The lowest BCUT2D eigenvalue weighted by Gasteiger charge is -2.19. The molecule has 4 heteroatoms. The van der Waals surface area contributed by atoms with Crippen LogP contribution >= 0.6 is 0 Å². The SMILES string of the molecule is CC(C)(C)c1ccc(Cn2c(-c3ccccc3F)nc3ccccc3c2=O)cc1. The molecule has 0 unspecified atom stereocenters. The van der Waals surface area contributed by atoms with E-state index in [1.165, 1.54) is 11.6 Å². The zero-order chi connectivity index (χ0) is 20.6. The molecule has 0 saturated carbocycles. The Morgan fingerprint density at radius 3 is 2.24 bits per heavy atom. The van der Waals surface area contributed by atoms with Crippen molar-refractivity contribution >= 4 is 10.9 Å². The molecule has 0 bridgehead atoms. The third kappa shape index (κ3) is 3.70. The summed E-state index contributed by atoms with van der Waals surface area (Å²) in [5, 5.41) is 0.527. The van der Waals surface area contributed by atoms with Crippen molar-refractivity contribution in [1.82, 2.24) is 9.55 Å². The molecule has 146 valence electrons. The highest BCUT2D eigenvalue weighted by Crippen LogP contribution is 2.25. The quantitative estimate of drug-likeness (QED) is 0.463. The van der Waals surface area contributed by atoms with Crippen LogP contribution in [-0.2, 0) is 12.0 Å². The molecule has 0 fully saturated rings. The number of halogens is 1. The summed E-state index contributed by atoms with van der Waals surface area (Å²) in [6, 6.07) is 21.8. The minimum atomic E-state index is -0.397.